The zero-order valence-corrected chi connectivity index (χ0v) is 10.5. The molecule has 0 bridgehead atoms. The predicted molar refractivity (Wildman–Crippen MR) is 68.6 cm³/mol. The topological polar surface area (TPSA) is 49.3 Å². The third kappa shape index (κ3) is 6.07. The first-order valence-corrected chi connectivity index (χ1v) is 6.06. The van der Waals surface area contributed by atoms with Crippen LogP contribution in [0.4, 0.5) is 0 Å². The van der Waals surface area contributed by atoms with Gasteiger partial charge in [0.15, 0.2) is 0 Å². The minimum atomic E-state index is -0.520. The van der Waals surface area contributed by atoms with Gasteiger partial charge in [-0.3, -0.25) is 4.79 Å². The summed E-state index contributed by atoms with van der Waals surface area (Å²) in [6, 6.07) is 9.78. The molecule has 1 rings (SSSR count). The molecule has 1 aromatic carbocycles. The molecule has 1 unspecified atom stereocenters. The van der Waals surface area contributed by atoms with Gasteiger partial charge in [-0.25, -0.2) is 0 Å². The van der Waals surface area contributed by atoms with Crippen LogP contribution in [0.25, 0.3) is 0 Å². The summed E-state index contributed by atoms with van der Waals surface area (Å²) in [6.45, 7) is 4.32. The van der Waals surface area contributed by atoms with E-state index in [4.69, 9.17) is 0 Å². The lowest BCUT2D eigenvalue weighted by Crippen LogP contribution is -2.33. The summed E-state index contributed by atoms with van der Waals surface area (Å²) < 4.78 is 0. The van der Waals surface area contributed by atoms with Crippen molar-refractivity contribution in [3.63, 3.8) is 0 Å². The maximum Gasteiger partial charge on any atom is 0.220 e. The van der Waals surface area contributed by atoms with E-state index in [1.54, 1.807) is 0 Å². The molecule has 0 aliphatic heterocycles. The lowest BCUT2D eigenvalue weighted by molar-refractivity contribution is -0.122. The molecule has 0 aromatic heterocycles. The molecule has 94 valence electrons. The number of nitrogens with one attached hydrogen (secondary N) is 1. The van der Waals surface area contributed by atoms with E-state index in [0.717, 1.165) is 5.56 Å². The fourth-order valence-corrected chi connectivity index (χ4v) is 1.63. The Kier molecular flexibility index (Phi) is 5.70. The Bertz CT molecular complexity index is 335. The van der Waals surface area contributed by atoms with Crippen LogP contribution in [0.5, 0.6) is 0 Å². The first-order chi connectivity index (χ1) is 8.08. The summed E-state index contributed by atoms with van der Waals surface area (Å²) in [7, 11) is 0. The Balaban J connectivity index is 2.26. The zero-order chi connectivity index (χ0) is 12.7. The van der Waals surface area contributed by atoms with Crippen molar-refractivity contribution in [2.45, 2.75) is 32.8 Å². The minimum absolute atomic E-state index is 0.00658. The van der Waals surface area contributed by atoms with Crippen LogP contribution in [0.15, 0.2) is 30.3 Å². The molecule has 2 N–H and O–H groups in total. The average Bonchev–Trinajstić information content (AvgIpc) is 2.27. The van der Waals surface area contributed by atoms with Gasteiger partial charge in [0.25, 0.3) is 0 Å². The van der Waals surface area contributed by atoms with Gasteiger partial charge in [-0.05, 0) is 11.5 Å². The van der Waals surface area contributed by atoms with Gasteiger partial charge in [-0.2, -0.15) is 0 Å². The van der Waals surface area contributed by atoms with Gasteiger partial charge >= 0.3 is 0 Å². The molecule has 0 radical (unpaired) electrons. The lowest BCUT2D eigenvalue weighted by atomic mass is 10.1. The zero-order valence-electron chi connectivity index (χ0n) is 10.5. The van der Waals surface area contributed by atoms with Crippen LogP contribution in [-0.2, 0) is 11.2 Å². The summed E-state index contributed by atoms with van der Waals surface area (Å²) in [5.41, 5.74) is 1.08. The van der Waals surface area contributed by atoms with E-state index < -0.39 is 6.10 Å². The van der Waals surface area contributed by atoms with E-state index in [-0.39, 0.29) is 5.91 Å². The third-order valence-electron chi connectivity index (χ3n) is 2.44. The van der Waals surface area contributed by atoms with E-state index in [1.165, 1.54) is 0 Å². The average molecular weight is 235 g/mol. The molecule has 3 nitrogen and oxygen atoms in total. The van der Waals surface area contributed by atoms with Gasteiger partial charge in [0.1, 0.15) is 0 Å². The highest BCUT2D eigenvalue weighted by Gasteiger charge is 2.08. The predicted octanol–water partition coefficient (Wildman–Crippen LogP) is 1.75. The number of rotatable bonds is 6. The quantitative estimate of drug-likeness (QED) is 0.789. The van der Waals surface area contributed by atoms with E-state index in [2.05, 4.69) is 5.32 Å². The molecule has 1 amide bonds. The first-order valence-electron chi connectivity index (χ1n) is 6.06. The molecular formula is C14H21NO2. The molecule has 0 aliphatic carbocycles. The molecule has 1 aromatic rings. The number of aliphatic hydroxyl groups is 1. The van der Waals surface area contributed by atoms with Crippen molar-refractivity contribution in [3.8, 4) is 0 Å². The van der Waals surface area contributed by atoms with E-state index in [0.29, 0.717) is 25.3 Å². The van der Waals surface area contributed by atoms with Crippen LogP contribution in [-0.4, -0.2) is 23.7 Å². The second kappa shape index (κ2) is 7.07. The second-order valence-electron chi connectivity index (χ2n) is 4.75. The van der Waals surface area contributed by atoms with E-state index in [9.17, 15) is 9.90 Å². The van der Waals surface area contributed by atoms with Gasteiger partial charge in [0.05, 0.1) is 6.10 Å². The van der Waals surface area contributed by atoms with E-state index >= 15 is 0 Å². The van der Waals surface area contributed by atoms with Crippen LogP contribution in [0.2, 0.25) is 0 Å². The van der Waals surface area contributed by atoms with Gasteiger partial charge in [-0.15, -0.1) is 0 Å². The van der Waals surface area contributed by atoms with Crippen molar-refractivity contribution < 1.29 is 9.90 Å². The van der Waals surface area contributed by atoms with Gasteiger partial charge < -0.3 is 10.4 Å². The molecule has 3 heteroatoms. The molecule has 0 spiro atoms. The summed E-state index contributed by atoms with van der Waals surface area (Å²) >= 11 is 0. The van der Waals surface area contributed by atoms with Crippen molar-refractivity contribution in [3.05, 3.63) is 35.9 Å². The summed E-state index contributed by atoms with van der Waals surface area (Å²) in [4.78, 5) is 11.4. The molecule has 0 fully saturated rings. The fourth-order valence-electron chi connectivity index (χ4n) is 1.63. The number of hydrogen-bond donors (Lipinski definition) is 2. The Labute approximate surface area is 103 Å². The summed E-state index contributed by atoms with van der Waals surface area (Å²) in [5, 5.41) is 12.5. The molecule has 0 aliphatic rings. The second-order valence-corrected chi connectivity index (χ2v) is 4.75. The van der Waals surface area contributed by atoms with Crippen LogP contribution in [0.1, 0.15) is 25.8 Å². The molecular weight excluding hydrogens is 214 g/mol. The highest BCUT2D eigenvalue weighted by molar-refractivity contribution is 5.76. The normalized spacial score (nSPS) is 12.5. The smallest absolute Gasteiger partial charge is 0.220 e. The fraction of sp³-hybridized carbons (Fsp3) is 0.500. The van der Waals surface area contributed by atoms with Crippen molar-refractivity contribution in [1.82, 2.24) is 5.32 Å². The van der Waals surface area contributed by atoms with Gasteiger partial charge in [0.2, 0.25) is 5.91 Å². The number of hydrogen-bond acceptors (Lipinski definition) is 2. The SMILES string of the molecule is CC(C)CC(=O)NCC(O)Cc1ccccc1. The summed E-state index contributed by atoms with van der Waals surface area (Å²) in [5.74, 6) is 0.355. The van der Waals surface area contributed by atoms with Gasteiger partial charge in [0, 0.05) is 19.4 Å². The van der Waals surface area contributed by atoms with Crippen LogP contribution in [0, 0.1) is 5.92 Å². The van der Waals surface area contributed by atoms with Crippen molar-refractivity contribution in [2.75, 3.05) is 6.54 Å². The van der Waals surface area contributed by atoms with E-state index in [1.807, 2.05) is 44.2 Å². The number of aliphatic hydroxyl groups excluding tert-OH is 1. The highest BCUT2D eigenvalue weighted by atomic mass is 16.3. The highest BCUT2D eigenvalue weighted by Crippen LogP contribution is 2.03. The van der Waals surface area contributed by atoms with Crippen LogP contribution >= 0.6 is 0 Å². The number of amides is 1. The van der Waals surface area contributed by atoms with Crippen molar-refractivity contribution in [2.24, 2.45) is 5.92 Å². The Morgan fingerprint density at radius 2 is 1.94 bits per heavy atom. The summed E-state index contributed by atoms with van der Waals surface area (Å²) in [6.07, 6.45) is 0.564. The largest absolute Gasteiger partial charge is 0.391 e. The lowest BCUT2D eigenvalue weighted by Gasteiger charge is -2.12. The monoisotopic (exact) mass is 235 g/mol. The standard InChI is InChI=1S/C14H21NO2/c1-11(2)8-14(17)15-10-13(16)9-12-6-4-3-5-7-12/h3-7,11,13,16H,8-10H2,1-2H3,(H,15,17). The molecule has 0 saturated carbocycles. The Hall–Kier alpha value is -1.35. The van der Waals surface area contributed by atoms with Gasteiger partial charge in [-0.1, -0.05) is 44.2 Å². The molecule has 17 heavy (non-hydrogen) atoms. The maximum atomic E-state index is 11.4. The first kappa shape index (κ1) is 13.7. The minimum Gasteiger partial charge on any atom is -0.391 e. The molecule has 0 saturated heterocycles. The van der Waals surface area contributed by atoms with Crippen molar-refractivity contribution >= 4 is 5.91 Å². The molecule has 1 atom stereocenters. The van der Waals surface area contributed by atoms with Crippen LogP contribution < -0.4 is 5.32 Å². The third-order valence-corrected chi connectivity index (χ3v) is 2.44. The maximum absolute atomic E-state index is 11.4. The number of benzene rings is 1. The number of carbonyl (C=O) groups is 1. The van der Waals surface area contributed by atoms with Crippen LogP contribution in [0.3, 0.4) is 0 Å². The Morgan fingerprint density at radius 1 is 1.29 bits per heavy atom. The Morgan fingerprint density at radius 3 is 2.53 bits per heavy atom. The molecule has 0 heterocycles. The van der Waals surface area contributed by atoms with Crippen molar-refractivity contribution in [1.29, 1.82) is 0 Å². The number of carbonyl (C=O) groups excluding carboxylic acids is 1.